The van der Waals surface area contributed by atoms with Crippen LogP contribution in [-0.2, 0) is 0 Å². The first-order chi connectivity index (χ1) is 16.7. The van der Waals surface area contributed by atoms with Gasteiger partial charge in [-0.2, -0.15) is 14.8 Å². The summed E-state index contributed by atoms with van der Waals surface area (Å²) in [5.74, 6) is 0.363. The van der Waals surface area contributed by atoms with Gasteiger partial charge in [-0.25, -0.2) is 9.97 Å². The molecule has 0 atom stereocenters. The van der Waals surface area contributed by atoms with Crippen LogP contribution < -0.4 is 20.7 Å². The topological polar surface area (TPSA) is 119 Å². The van der Waals surface area contributed by atoms with Crippen molar-refractivity contribution in [1.82, 2.24) is 24.7 Å². The van der Waals surface area contributed by atoms with E-state index in [2.05, 4.69) is 40.7 Å². The molecule has 2 aromatic heterocycles. The average Bonchev–Trinajstić information content (AvgIpc) is 3.28. The Morgan fingerprint density at radius 1 is 1.03 bits per heavy atom. The van der Waals surface area contributed by atoms with Crippen molar-refractivity contribution in [2.75, 3.05) is 23.0 Å². The largest absolute Gasteiger partial charge is 0.573 e. The van der Waals surface area contributed by atoms with Crippen molar-refractivity contribution in [3.05, 3.63) is 72.3 Å². The Bertz CT molecular complexity index is 1360. The fourth-order valence-corrected chi connectivity index (χ4v) is 3.09. The maximum absolute atomic E-state index is 12.6. The molecule has 0 unspecified atom stereocenters. The number of hydrogen-bond acceptors (Lipinski definition) is 8. The minimum Gasteiger partial charge on any atom is -0.406 e. The van der Waals surface area contributed by atoms with Gasteiger partial charge in [-0.1, -0.05) is 12.1 Å². The third kappa shape index (κ3) is 5.82. The van der Waals surface area contributed by atoms with Crippen LogP contribution in [0.5, 0.6) is 5.75 Å². The molecule has 4 aromatic rings. The number of halogens is 3. The number of alkyl halides is 3. The summed E-state index contributed by atoms with van der Waals surface area (Å²) >= 11 is 0. The Morgan fingerprint density at radius 3 is 2.63 bits per heavy atom. The second-order valence-electron chi connectivity index (χ2n) is 7.19. The third-order valence-electron chi connectivity index (χ3n) is 4.75. The van der Waals surface area contributed by atoms with Gasteiger partial charge in [0.1, 0.15) is 24.2 Å². The number of amides is 1. The van der Waals surface area contributed by atoms with Gasteiger partial charge in [0.15, 0.2) is 5.82 Å². The first-order valence-corrected chi connectivity index (χ1v) is 10.2. The number of rotatable bonds is 7. The molecule has 180 valence electrons. The van der Waals surface area contributed by atoms with Gasteiger partial charge < -0.3 is 20.7 Å². The van der Waals surface area contributed by atoms with E-state index in [0.29, 0.717) is 29.0 Å². The Hall–Kier alpha value is -4.68. The van der Waals surface area contributed by atoms with Crippen LogP contribution in [0.15, 0.2) is 61.2 Å². The van der Waals surface area contributed by atoms with Gasteiger partial charge in [0.05, 0.1) is 0 Å². The quantitative estimate of drug-likeness (QED) is 0.355. The lowest BCUT2D eigenvalue weighted by Gasteiger charge is -2.13. The summed E-state index contributed by atoms with van der Waals surface area (Å²) in [6.45, 7) is 1.86. The molecule has 0 aliphatic carbocycles. The zero-order valence-electron chi connectivity index (χ0n) is 18.5. The van der Waals surface area contributed by atoms with Gasteiger partial charge in [-0.3, -0.25) is 4.79 Å². The molecule has 0 bridgehead atoms. The third-order valence-corrected chi connectivity index (χ3v) is 4.75. The Kier molecular flexibility index (Phi) is 6.48. The zero-order valence-corrected chi connectivity index (χ0v) is 18.5. The van der Waals surface area contributed by atoms with Gasteiger partial charge in [0.2, 0.25) is 5.95 Å². The maximum atomic E-state index is 12.6. The number of carbonyl (C=O) groups excluding carboxylic acids is 1. The predicted octanol–water partition coefficient (Wildman–Crippen LogP) is 4.30. The highest BCUT2D eigenvalue weighted by Crippen LogP contribution is 2.26. The van der Waals surface area contributed by atoms with Crippen molar-refractivity contribution < 1.29 is 22.7 Å². The number of aromatic nitrogens is 5. The number of hydrogen-bond donors (Lipinski definition) is 3. The molecule has 1 amide bonds. The first-order valence-electron chi connectivity index (χ1n) is 10.2. The van der Waals surface area contributed by atoms with Crippen molar-refractivity contribution in [2.24, 2.45) is 0 Å². The molecule has 0 spiro atoms. The van der Waals surface area contributed by atoms with Crippen LogP contribution in [0.2, 0.25) is 0 Å². The van der Waals surface area contributed by atoms with Crippen molar-refractivity contribution in [1.29, 1.82) is 0 Å². The molecule has 4 rings (SSSR count). The van der Waals surface area contributed by atoms with Crippen LogP contribution in [0.25, 0.3) is 5.82 Å². The standard InChI is InChI=1S/C22H19F3N8O2/c1-13-6-7-15(31-20(34)14-4-3-5-16(8-14)35-22(23,24)25)9-17(13)32-21-29-12-30-33(21)19-10-18(26-2)27-11-28-19/h3-12H,1-2H3,(H,31,34)(H,26,27,28)(H,29,30,32). The number of nitrogens with one attached hydrogen (secondary N) is 3. The van der Waals surface area contributed by atoms with Crippen molar-refractivity contribution >= 4 is 29.0 Å². The Morgan fingerprint density at radius 2 is 1.86 bits per heavy atom. The highest BCUT2D eigenvalue weighted by atomic mass is 19.4. The van der Waals surface area contributed by atoms with Gasteiger partial charge >= 0.3 is 6.36 Å². The molecule has 10 nitrogen and oxygen atoms in total. The molecule has 0 radical (unpaired) electrons. The predicted molar refractivity (Wildman–Crippen MR) is 122 cm³/mol. The van der Waals surface area contributed by atoms with E-state index in [9.17, 15) is 18.0 Å². The van der Waals surface area contributed by atoms with Crippen LogP contribution in [-0.4, -0.2) is 44.0 Å². The van der Waals surface area contributed by atoms with Gasteiger partial charge in [0, 0.05) is 30.1 Å². The highest BCUT2D eigenvalue weighted by Gasteiger charge is 2.31. The smallest absolute Gasteiger partial charge is 0.406 e. The zero-order chi connectivity index (χ0) is 25.0. The molecular formula is C22H19F3N8O2. The Balaban J connectivity index is 1.53. The summed E-state index contributed by atoms with van der Waals surface area (Å²) in [4.78, 5) is 25.1. The van der Waals surface area contributed by atoms with Crippen LogP contribution in [0.3, 0.4) is 0 Å². The van der Waals surface area contributed by atoms with Gasteiger partial charge in [-0.05, 0) is 42.8 Å². The summed E-state index contributed by atoms with van der Waals surface area (Å²) in [6, 6.07) is 11.6. The van der Waals surface area contributed by atoms with E-state index in [-0.39, 0.29) is 5.56 Å². The minimum absolute atomic E-state index is 0.00526. The van der Waals surface area contributed by atoms with Crippen molar-refractivity contribution in [3.63, 3.8) is 0 Å². The van der Waals surface area contributed by atoms with Crippen LogP contribution in [0.1, 0.15) is 15.9 Å². The molecule has 2 aromatic carbocycles. The Labute approximate surface area is 197 Å². The summed E-state index contributed by atoms with van der Waals surface area (Å²) in [5.41, 5.74) is 1.88. The molecule has 0 aliphatic heterocycles. The lowest BCUT2D eigenvalue weighted by Crippen LogP contribution is -2.18. The number of aryl methyl sites for hydroxylation is 1. The van der Waals surface area contributed by atoms with E-state index < -0.39 is 18.0 Å². The molecule has 0 fully saturated rings. The normalized spacial score (nSPS) is 11.1. The summed E-state index contributed by atoms with van der Waals surface area (Å²) in [6.07, 6.45) is -2.10. The van der Waals surface area contributed by atoms with E-state index in [1.165, 1.54) is 29.5 Å². The minimum atomic E-state index is -4.85. The van der Waals surface area contributed by atoms with E-state index in [0.717, 1.165) is 17.7 Å². The first kappa shape index (κ1) is 23.5. The molecule has 3 N–H and O–H groups in total. The van der Waals surface area contributed by atoms with E-state index >= 15 is 0 Å². The molecule has 0 saturated carbocycles. The van der Waals surface area contributed by atoms with Gasteiger partial charge in [0.25, 0.3) is 5.91 Å². The van der Waals surface area contributed by atoms with E-state index in [1.54, 1.807) is 31.3 Å². The average molecular weight is 484 g/mol. The van der Waals surface area contributed by atoms with E-state index in [4.69, 9.17) is 0 Å². The van der Waals surface area contributed by atoms with Crippen LogP contribution in [0.4, 0.5) is 36.3 Å². The second-order valence-corrected chi connectivity index (χ2v) is 7.19. The number of anilines is 4. The summed E-state index contributed by atoms with van der Waals surface area (Å²) in [5, 5.41) is 12.9. The molecule has 0 aliphatic rings. The van der Waals surface area contributed by atoms with Crippen LogP contribution >= 0.6 is 0 Å². The van der Waals surface area contributed by atoms with Crippen molar-refractivity contribution in [2.45, 2.75) is 13.3 Å². The lowest BCUT2D eigenvalue weighted by atomic mass is 10.1. The number of nitrogens with zero attached hydrogens (tertiary/aromatic N) is 5. The molecule has 2 heterocycles. The number of ether oxygens (including phenoxy) is 1. The molecular weight excluding hydrogens is 465 g/mol. The number of benzene rings is 2. The second kappa shape index (κ2) is 9.67. The summed E-state index contributed by atoms with van der Waals surface area (Å²) < 4.78 is 42.8. The monoisotopic (exact) mass is 484 g/mol. The molecule has 35 heavy (non-hydrogen) atoms. The fourth-order valence-electron chi connectivity index (χ4n) is 3.09. The van der Waals surface area contributed by atoms with Crippen LogP contribution in [0, 0.1) is 6.92 Å². The molecule has 0 saturated heterocycles. The maximum Gasteiger partial charge on any atom is 0.573 e. The SMILES string of the molecule is CNc1cc(-n2ncnc2Nc2cc(NC(=O)c3cccc(OC(F)(F)F)c3)ccc2C)ncn1. The van der Waals surface area contributed by atoms with E-state index in [1.807, 2.05) is 6.92 Å². The number of carbonyl (C=O) groups is 1. The van der Waals surface area contributed by atoms with Gasteiger partial charge in [-0.15, -0.1) is 13.2 Å². The summed E-state index contributed by atoms with van der Waals surface area (Å²) in [7, 11) is 1.73. The fraction of sp³-hybridized carbons (Fsp3) is 0.136. The van der Waals surface area contributed by atoms with Crippen molar-refractivity contribution in [3.8, 4) is 11.6 Å². The lowest BCUT2D eigenvalue weighted by molar-refractivity contribution is -0.274. The highest BCUT2D eigenvalue weighted by molar-refractivity contribution is 6.04. The molecule has 13 heteroatoms.